The summed E-state index contributed by atoms with van der Waals surface area (Å²) in [5, 5.41) is 5.43. The molecule has 0 saturated carbocycles. The molecule has 5 rings (SSSR count). The van der Waals surface area contributed by atoms with E-state index in [9.17, 15) is 4.79 Å². The lowest BCUT2D eigenvalue weighted by atomic mass is 10.1. The number of rotatable bonds is 8. The fourth-order valence-corrected chi connectivity index (χ4v) is 5.63. The molecule has 2 aromatic heterocycles. The van der Waals surface area contributed by atoms with Gasteiger partial charge < -0.3 is 24.3 Å². The van der Waals surface area contributed by atoms with E-state index in [1.165, 1.54) is 11.8 Å². The normalized spacial score (nSPS) is 14.8. The lowest BCUT2D eigenvalue weighted by Gasteiger charge is -2.29. The molecule has 2 aromatic carbocycles. The van der Waals surface area contributed by atoms with Gasteiger partial charge in [-0.3, -0.25) is 4.79 Å². The van der Waals surface area contributed by atoms with Gasteiger partial charge in [0.2, 0.25) is 0 Å². The molecular weight excluding hydrogens is 548 g/mol. The maximum atomic E-state index is 12.3. The standard InChI is InChI=1S/C29H33ClN6O3S/c1-29(2,3)39-25(37)17-36-15-12-31-28(36)40-24-9-8-19(16-21(24)30)34-27-26-22(32-18-33-27)6-5-7-23(26)38-20-10-13-35(4)14-11-20/h5-9,12,15-16,18,20H,10-11,13-14,17H2,1-4H3,(H,32,33,34). The number of fused-ring (bicyclic) bond motifs is 1. The minimum Gasteiger partial charge on any atom is -0.489 e. The number of hydrogen-bond acceptors (Lipinski definition) is 9. The smallest absolute Gasteiger partial charge is 0.326 e. The number of piperidine rings is 1. The number of nitrogens with zero attached hydrogens (tertiary/aromatic N) is 5. The Bertz CT molecular complexity index is 1490. The molecule has 0 spiro atoms. The lowest BCUT2D eigenvalue weighted by molar-refractivity contribution is -0.155. The molecule has 0 amide bonds. The molecule has 0 atom stereocenters. The van der Waals surface area contributed by atoms with Gasteiger partial charge in [0.1, 0.15) is 36.1 Å². The number of halogens is 1. The summed E-state index contributed by atoms with van der Waals surface area (Å²) in [5.74, 6) is 1.09. The van der Waals surface area contributed by atoms with Crippen LogP contribution in [0.1, 0.15) is 33.6 Å². The second-order valence-electron chi connectivity index (χ2n) is 10.8. The molecule has 4 aromatic rings. The third-order valence-electron chi connectivity index (χ3n) is 6.38. The summed E-state index contributed by atoms with van der Waals surface area (Å²) in [6.07, 6.45) is 7.06. The summed E-state index contributed by atoms with van der Waals surface area (Å²) >= 11 is 8.08. The molecule has 3 heterocycles. The number of carbonyl (C=O) groups is 1. The molecule has 1 aliphatic heterocycles. The Kier molecular flexibility index (Phi) is 8.48. The van der Waals surface area contributed by atoms with Gasteiger partial charge in [-0.25, -0.2) is 15.0 Å². The van der Waals surface area contributed by atoms with Crippen LogP contribution in [0.15, 0.2) is 65.2 Å². The lowest BCUT2D eigenvalue weighted by Crippen LogP contribution is -2.35. The van der Waals surface area contributed by atoms with Crippen LogP contribution in [0.25, 0.3) is 10.9 Å². The van der Waals surface area contributed by atoms with Crippen molar-refractivity contribution in [1.29, 1.82) is 0 Å². The Morgan fingerprint density at radius 2 is 1.95 bits per heavy atom. The van der Waals surface area contributed by atoms with Crippen molar-refractivity contribution < 1.29 is 14.3 Å². The minimum absolute atomic E-state index is 0.0691. The zero-order valence-corrected chi connectivity index (χ0v) is 24.6. The Morgan fingerprint density at radius 3 is 2.70 bits per heavy atom. The number of imidazole rings is 1. The molecule has 0 bridgehead atoms. The van der Waals surface area contributed by atoms with Crippen LogP contribution in [0.3, 0.4) is 0 Å². The molecule has 1 saturated heterocycles. The first-order chi connectivity index (χ1) is 19.1. The molecule has 1 N–H and O–H groups in total. The van der Waals surface area contributed by atoms with E-state index in [1.807, 2.05) is 57.2 Å². The zero-order chi connectivity index (χ0) is 28.3. The van der Waals surface area contributed by atoms with Gasteiger partial charge in [-0.2, -0.15) is 0 Å². The first-order valence-electron chi connectivity index (χ1n) is 13.2. The molecule has 40 heavy (non-hydrogen) atoms. The van der Waals surface area contributed by atoms with Gasteiger partial charge in [0.05, 0.1) is 15.9 Å². The molecule has 0 unspecified atom stereocenters. The molecular formula is C29H33ClN6O3S. The third kappa shape index (κ3) is 7.04. The predicted octanol–water partition coefficient (Wildman–Crippen LogP) is 6.19. The maximum Gasteiger partial charge on any atom is 0.326 e. The van der Waals surface area contributed by atoms with Crippen molar-refractivity contribution in [3.05, 3.63) is 60.1 Å². The van der Waals surface area contributed by atoms with Gasteiger partial charge in [0.25, 0.3) is 0 Å². The van der Waals surface area contributed by atoms with Crippen molar-refractivity contribution in [2.75, 3.05) is 25.5 Å². The van der Waals surface area contributed by atoms with Crippen molar-refractivity contribution in [3.8, 4) is 5.75 Å². The van der Waals surface area contributed by atoms with Gasteiger partial charge in [-0.1, -0.05) is 29.4 Å². The van der Waals surface area contributed by atoms with Gasteiger partial charge in [0.15, 0.2) is 5.16 Å². The number of ether oxygens (including phenoxy) is 2. The molecule has 1 aliphatic rings. The number of hydrogen-bond donors (Lipinski definition) is 1. The first-order valence-corrected chi connectivity index (χ1v) is 14.4. The van der Waals surface area contributed by atoms with Crippen molar-refractivity contribution in [2.24, 2.45) is 0 Å². The van der Waals surface area contributed by atoms with Crippen molar-refractivity contribution >= 4 is 51.7 Å². The Morgan fingerprint density at radius 1 is 1.15 bits per heavy atom. The minimum atomic E-state index is -0.550. The van der Waals surface area contributed by atoms with Gasteiger partial charge >= 0.3 is 5.97 Å². The third-order valence-corrected chi connectivity index (χ3v) is 7.90. The summed E-state index contributed by atoms with van der Waals surface area (Å²) < 4.78 is 13.6. The van der Waals surface area contributed by atoms with Gasteiger partial charge in [-0.15, -0.1) is 0 Å². The molecule has 0 aliphatic carbocycles. The van der Waals surface area contributed by atoms with Crippen molar-refractivity contribution in [2.45, 2.75) is 61.9 Å². The summed E-state index contributed by atoms with van der Waals surface area (Å²) in [6, 6.07) is 11.6. The fraction of sp³-hybridized carbons (Fsp3) is 0.379. The van der Waals surface area contributed by atoms with Gasteiger partial charge in [0, 0.05) is 36.1 Å². The topological polar surface area (TPSA) is 94.4 Å². The number of esters is 1. The number of likely N-dealkylation sites (tertiary alicyclic amines) is 1. The molecule has 0 radical (unpaired) electrons. The van der Waals surface area contributed by atoms with E-state index in [4.69, 9.17) is 21.1 Å². The average Bonchev–Trinajstić information content (AvgIpc) is 3.32. The highest BCUT2D eigenvalue weighted by Crippen LogP contribution is 2.37. The fourth-order valence-electron chi connectivity index (χ4n) is 4.48. The van der Waals surface area contributed by atoms with Crippen molar-refractivity contribution in [3.63, 3.8) is 0 Å². The number of aromatic nitrogens is 4. The summed E-state index contributed by atoms with van der Waals surface area (Å²) in [6.45, 7) is 7.63. The average molecular weight is 581 g/mol. The zero-order valence-electron chi connectivity index (χ0n) is 23.1. The second-order valence-corrected chi connectivity index (χ2v) is 12.2. The largest absolute Gasteiger partial charge is 0.489 e. The summed E-state index contributed by atoms with van der Waals surface area (Å²) in [5.41, 5.74) is 1.03. The van der Waals surface area contributed by atoms with Crippen molar-refractivity contribution in [1.82, 2.24) is 24.4 Å². The highest BCUT2D eigenvalue weighted by Gasteiger charge is 2.21. The van der Waals surface area contributed by atoms with Crippen LogP contribution in [0.5, 0.6) is 5.75 Å². The van der Waals surface area contributed by atoms with Crippen LogP contribution >= 0.6 is 23.4 Å². The summed E-state index contributed by atoms with van der Waals surface area (Å²) in [7, 11) is 2.14. The van der Waals surface area contributed by atoms with E-state index in [0.717, 1.165) is 53.2 Å². The summed E-state index contributed by atoms with van der Waals surface area (Å²) in [4.78, 5) is 28.8. The predicted molar refractivity (Wildman–Crippen MR) is 158 cm³/mol. The Balaban J connectivity index is 1.32. The van der Waals surface area contributed by atoms with Crippen LogP contribution in [0.4, 0.5) is 11.5 Å². The first kappa shape index (κ1) is 28.2. The van der Waals surface area contributed by atoms with Crippen LogP contribution in [-0.4, -0.2) is 62.2 Å². The molecule has 11 heteroatoms. The Hall–Kier alpha value is -3.34. The monoisotopic (exact) mass is 580 g/mol. The van der Waals surface area contributed by atoms with E-state index >= 15 is 0 Å². The Labute approximate surface area is 243 Å². The van der Waals surface area contributed by atoms with E-state index in [1.54, 1.807) is 23.3 Å². The molecule has 210 valence electrons. The van der Waals surface area contributed by atoms with Crippen LogP contribution in [-0.2, 0) is 16.1 Å². The highest BCUT2D eigenvalue weighted by molar-refractivity contribution is 7.99. The van der Waals surface area contributed by atoms with Gasteiger partial charge in [-0.05, 0) is 71.0 Å². The van der Waals surface area contributed by atoms with E-state index in [-0.39, 0.29) is 18.6 Å². The molecule has 9 nitrogen and oxygen atoms in total. The quantitative estimate of drug-likeness (QED) is 0.245. The maximum absolute atomic E-state index is 12.3. The number of benzene rings is 2. The number of anilines is 2. The van der Waals surface area contributed by atoms with Crippen LogP contribution < -0.4 is 10.1 Å². The number of carbonyl (C=O) groups excluding carboxylic acids is 1. The van der Waals surface area contributed by atoms with Crippen LogP contribution in [0, 0.1) is 0 Å². The van der Waals surface area contributed by atoms with Crippen LogP contribution in [0.2, 0.25) is 5.02 Å². The second kappa shape index (κ2) is 12.0. The van der Waals surface area contributed by atoms with E-state index in [2.05, 4.69) is 32.2 Å². The van der Waals surface area contributed by atoms with E-state index in [0.29, 0.717) is 16.0 Å². The van der Waals surface area contributed by atoms with E-state index < -0.39 is 5.60 Å². The SMILES string of the molecule is CN1CCC(Oc2cccc3ncnc(Nc4ccc(Sc5nccn5CC(=O)OC(C)(C)C)c(Cl)c4)c23)CC1. The highest BCUT2D eigenvalue weighted by atomic mass is 35.5. The molecule has 1 fully saturated rings. The number of nitrogens with one attached hydrogen (secondary N) is 1.